The van der Waals surface area contributed by atoms with E-state index in [0.717, 1.165) is 30.1 Å². The number of ether oxygens (including phenoxy) is 1. The molecule has 3 rings (SSSR count). The molecule has 0 saturated heterocycles. The summed E-state index contributed by atoms with van der Waals surface area (Å²) in [5.41, 5.74) is 3.54. The Morgan fingerprint density at radius 2 is 1.74 bits per heavy atom. The van der Waals surface area contributed by atoms with E-state index >= 15 is 0 Å². The standard InChI is InChI=1S/C17H17NO/c1-13(14-7-3-2-4-8-14)18-16-11-12-19-17-10-6-5-9-15(16)17/h2-10,13H,11-12H2,1H3. The van der Waals surface area contributed by atoms with Crippen LogP contribution in [0.25, 0.3) is 0 Å². The van der Waals surface area contributed by atoms with Gasteiger partial charge in [-0.3, -0.25) is 4.99 Å². The van der Waals surface area contributed by atoms with Gasteiger partial charge >= 0.3 is 0 Å². The van der Waals surface area contributed by atoms with Crippen molar-refractivity contribution < 1.29 is 4.74 Å². The highest BCUT2D eigenvalue weighted by molar-refractivity contribution is 6.03. The number of hydrogen-bond donors (Lipinski definition) is 0. The Hall–Kier alpha value is -2.09. The first kappa shape index (κ1) is 12.0. The second-order valence-electron chi connectivity index (χ2n) is 4.76. The number of para-hydroxylation sites is 1. The second-order valence-corrected chi connectivity index (χ2v) is 4.76. The molecule has 0 amide bonds. The highest BCUT2D eigenvalue weighted by Gasteiger charge is 2.16. The van der Waals surface area contributed by atoms with Gasteiger partial charge < -0.3 is 4.74 Å². The van der Waals surface area contributed by atoms with Crippen LogP contribution in [0.5, 0.6) is 5.75 Å². The first-order valence-corrected chi connectivity index (χ1v) is 6.68. The second kappa shape index (κ2) is 5.27. The number of aliphatic imine (C=N–C) groups is 1. The summed E-state index contributed by atoms with van der Waals surface area (Å²) in [6, 6.07) is 18.7. The van der Waals surface area contributed by atoms with E-state index in [0.29, 0.717) is 0 Å². The van der Waals surface area contributed by atoms with Crippen molar-refractivity contribution in [2.24, 2.45) is 4.99 Å². The van der Waals surface area contributed by atoms with Gasteiger partial charge in [0, 0.05) is 17.7 Å². The molecule has 19 heavy (non-hydrogen) atoms. The summed E-state index contributed by atoms with van der Waals surface area (Å²) < 4.78 is 5.66. The van der Waals surface area contributed by atoms with Gasteiger partial charge in [-0.2, -0.15) is 0 Å². The molecule has 2 heteroatoms. The zero-order chi connectivity index (χ0) is 13.1. The molecule has 2 aromatic carbocycles. The molecule has 96 valence electrons. The summed E-state index contributed by atoms with van der Waals surface area (Å²) in [4.78, 5) is 4.88. The number of rotatable bonds is 2. The number of nitrogens with zero attached hydrogens (tertiary/aromatic N) is 1. The average Bonchev–Trinajstić information content (AvgIpc) is 2.48. The molecule has 0 fully saturated rings. The van der Waals surface area contributed by atoms with Crippen LogP contribution in [0.3, 0.4) is 0 Å². The van der Waals surface area contributed by atoms with Gasteiger partial charge in [0.15, 0.2) is 0 Å². The van der Waals surface area contributed by atoms with E-state index in [1.54, 1.807) is 0 Å². The van der Waals surface area contributed by atoms with Crippen LogP contribution < -0.4 is 4.74 Å². The molecular formula is C17H17NO. The highest BCUT2D eigenvalue weighted by Crippen LogP contribution is 2.27. The lowest BCUT2D eigenvalue weighted by molar-refractivity contribution is 0.320. The first-order valence-electron chi connectivity index (χ1n) is 6.68. The van der Waals surface area contributed by atoms with Gasteiger partial charge in [0.2, 0.25) is 0 Å². The number of benzene rings is 2. The molecule has 1 atom stereocenters. The summed E-state index contributed by atoms with van der Waals surface area (Å²) in [5.74, 6) is 0.952. The van der Waals surface area contributed by atoms with Gasteiger partial charge in [-0.25, -0.2) is 0 Å². The molecule has 0 spiro atoms. The van der Waals surface area contributed by atoms with Crippen molar-refractivity contribution in [3.05, 3.63) is 65.7 Å². The van der Waals surface area contributed by atoms with Gasteiger partial charge in [-0.15, -0.1) is 0 Å². The maximum absolute atomic E-state index is 5.66. The molecule has 0 N–H and O–H groups in total. The molecule has 0 saturated carbocycles. The fourth-order valence-electron chi connectivity index (χ4n) is 2.40. The largest absolute Gasteiger partial charge is 0.492 e. The minimum absolute atomic E-state index is 0.183. The number of hydrogen-bond acceptors (Lipinski definition) is 2. The predicted octanol–water partition coefficient (Wildman–Crippen LogP) is 4.02. The zero-order valence-corrected chi connectivity index (χ0v) is 11.0. The topological polar surface area (TPSA) is 21.6 Å². The van der Waals surface area contributed by atoms with Crippen molar-refractivity contribution in [3.8, 4) is 5.75 Å². The van der Waals surface area contributed by atoms with E-state index < -0.39 is 0 Å². The Morgan fingerprint density at radius 1 is 1.00 bits per heavy atom. The van der Waals surface area contributed by atoms with Crippen LogP contribution in [0.4, 0.5) is 0 Å². The Kier molecular flexibility index (Phi) is 3.32. The van der Waals surface area contributed by atoms with E-state index in [9.17, 15) is 0 Å². The Labute approximate surface area is 113 Å². The molecule has 1 unspecified atom stereocenters. The lowest BCUT2D eigenvalue weighted by atomic mass is 10.0. The molecule has 0 radical (unpaired) electrons. The molecule has 2 nitrogen and oxygen atoms in total. The molecule has 2 aromatic rings. The molecular weight excluding hydrogens is 234 g/mol. The minimum Gasteiger partial charge on any atom is -0.492 e. The molecule has 1 heterocycles. The summed E-state index contributed by atoms with van der Waals surface area (Å²) in [6.45, 7) is 2.86. The maximum atomic E-state index is 5.66. The van der Waals surface area contributed by atoms with Crippen LogP contribution in [-0.4, -0.2) is 12.3 Å². The fourth-order valence-corrected chi connectivity index (χ4v) is 2.40. The third kappa shape index (κ3) is 2.53. The highest BCUT2D eigenvalue weighted by atomic mass is 16.5. The van der Waals surface area contributed by atoms with Gasteiger partial charge in [0.25, 0.3) is 0 Å². The molecule has 1 aliphatic rings. The van der Waals surface area contributed by atoms with Crippen LogP contribution in [0.1, 0.15) is 30.5 Å². The third-order valence-corrected chi connectivity index (χ3v) is 3.43. The van der Waals surface area contributed by atoms with E-state index in [1.165, 1.54) is 5.56 Å². The Bertz CT molecular complexity index is 589. The molecule has 0 aromatic heterocycles. The number of fused-ring (bicyclic) bond motifs is 1. The lowest BCUT2D eigenvalue weighted by Crippen LogP contribution is -2.16. The summed E-state index contributed by atoms with van der Waals surface area (Å²) in [5, 5.41) is 0. The van der Waals surface area contributed by atoms with E-state index in [4.69, 9.17) is 9.73 Å². The minimum atomic E-state index is 0.183. The monoisotopic (exact) mass is 251 g/mol. The van der Waals surface area contributed by atoms with Gasteiger partial charge in [0.1, 0.15) is 5.75 Å². The third-order valence-electron chi connectivity index (χ3n) is 3.43. The van der Waals surface area contributed by atoms with Crippen molar-refractivity contribution in [1.82, 2.24) is 0 Å². The van der Waals surface area contributed by atoms with E-state index in [-0.39, 0.29) is 6.04 Å². The molecule has 1 aliphatic heterocycles. The normalized spacial score (nSPS) is 17.6. The van der Waals surface area contributed by atoms with Crippen molar-refractivity contribution in [1.29, 1.82) is 0 Å². The SMILES string of the molecule is CC(N=C1CCOc2ccccc21)c1ccccc1. The van der Waals surface area contributed by atoms with Crippen molar-refractivity contribution >= 4 is 5.71 Å². The zero-order valence-electron chi connectivity index (χ0n) is 11.0. The van der Waals surface area contributed by atoms with E-state index in [2.05, 4.69) is 37.3 Å². The molecule has 0 aliphatic carbocycles. The molecule has 0 bridgehead atoms. The van der Waals surface area contributed by atoms with E-state index in [1.807, 2.05) is 24.3 Å². The van der Waals surface area contributed by atoms with Crippen LogP contribution in [0.15, 0.2) is 59.6 Å². The summed E-state index contributed by atoms with van der Waals surface area (Å²) >= 11 is 0. The lowest BCUT2D eigenvalue weighted by Gasteiger charge is -2.20. The quantitative estimate of drug-likeness (QED) is 0.790. The Morgan fingerprint density at radius 3 is 2.58 bits per heavy atom. The smallest absolute Gasteiger partial charge is 0.128 e. The van der Waals surface area contributed by atoms with Crippen LogP contribution >= 0.6 is 0 Å². The van der Waals surface area contributed by atoms with Crippen molar-refractivity contribution in [2.45, 2.75) is 19.4 Å². The van der Waals surface area contributed by atoms with Crippen LogP contribution in [0.2, 0.25) is 0 Å². The van der Waals surface area contributed by atoms with Gasteiger partial charge in [-0.1, -0.05) is 42.5 Å². The van der Waals surface area contributed by atoms with Gasteiger partial charge in [0.05, 0.1) is 12.6 Å². The Balaban J connectivity index is 1.93. The summed E-state index contributed by atoms with van der Waals surface area (Å²) in [7, 11) is 0. The fraction of sp³-hybridized carbons (Fsp3) is 0.235. The van der Waals surface area contributed by atoms with Crippen molar-refractivity contribution in [3.63, 3.8) is 0 Å². The summed E-state index contributed by atoms with van der Waals surface area (Å²) in [6.07, 6.45) is 0.883. The van der Waals surface area contributed by atoms with Crippen molar-refractivity contribution in [2.75, 3.05) is 6.61 Å². The van der Waals surface area contributed by atoms with Crippen LogP contribution in [0, 0.1) is 0 Å². The van der Waals surface area contributed by atoms with Crippen LogP contribution in [-0.2, 0) is 0 Å². The average molecular weight is 251 g/mol. The maximum Gasteiger partial charge on any atom is 0.128 e. The first-order chi connectivity index (χ1) is 9.34. The predicted molar refractivity (Wildman–Crippen MR) is 77.9 cm³/mol. The van der Waals surface area contributed by atoms with Gasteiger partial charge in [-0.05, 0) is 24.6 Å².